The van der Waals surface area contributed by atoms with Crippen LogP contribution < -0.4 is 16.0 Å². The molecule has 1 saturated carbocycles. The predicted molar refractivity (Wildman–Crippen MR) is 102 cm³/mol. The van der Waals surface area contributed by atoms with E-state index in [1.165, 1.54) is 0 Å². The van der Waals surface area contributed by atoms with Crippen LogP contribution in [0.1, 0.15) is 30.6 Å². The van der Waals surface area contributed by atoms with Crippen molar-refractivity contribution in [1.82, 2.24) is 10.6 Å². The molecule has 2 unspecified atom stereocenters. The predicted octanol–water partition coefficient (Wildman–Crippen LogP) is 4.11. The number of carbonyl (C=O) groups is 2. The van der Waals surface area contributed by atoms with Gasteiger partial charge in [0.05, 0.1) is 6.54 Å². The maximum atomic E-state index is 12.0. The van der Waals surface area contributed by atoms with Gasteiger partial charge in [-0.3, -0.25) is 5.32 Å². The maximum absolute atomic E-state index is 12.0. The molecule has 1 aliphatic carbocycles. The average Bonchev–Trinajstić information content (AvgIpc) is 3.14. The summed E-state index contributed by atoms with van der Waals surface area (Å²) in [5.74, 6) is 0. The molecule has 3 rings (SSSR count). The first-order valence-electron chi connectivity index (χ1n) is 8.78. The number of nitrogens with one attached hydrogen (secondary N) is 3. The normalized spacial score (nSPS) is 19.4. The van der Waals surface area contributed by atoms with Crippen LogP contribution in [0.3, 0.4) is 0 Å². The maximum Gasteiger partial charge on any atom is 0.411 e. The standard InChI is InChI=1S/C19H23N3O3S/c23-18(20-13-17-10-5-11-26-17)21-15-8-4-9-16(12-15)25-19(24)22-14-6-2-1-3-7-14/h1-3,5-7,10-11,15-16H,4,8-9,12-13H2,(H,22,24)(H2,20,21,23). The van der Waals surface area contributed by atoms with Crippen LogP contribution in [0.5, 0.6) is 0 Å². The Morgan fingerprint density at radius 1 is 1.12 bits per heavy atom. The van der Waals surface area contributed by atoms with Gasteiger partial charge in [0, 0.05) is 23.0 Å². The second-order valence-electron chi connectivity index (χ2n) is 6.29. The van der Waals surface area contributed by atoms with Gasteiger partial charge in [-0.05, 0) is 42.8 Å². The summed E-state index contributed by atoms with van der Waals surface area (Å²) in [7, 11) is 0. The molecule has 7 heteroatoms. The quantitative estimate of drug-likeness (QED) is 0.738. The molecule has 26 heavy (non-hydrogen) atoms. The summed E-state index contributed by atoms with van der Waals surface area (Å²) >= 11 is 1.61. The zero-order valence-corrected chi connectivity index (χ0v) is 15.3. The third-order valence-corrected chi connectivity index (χ3v) is 5.13. The molecule has 1 aromatic carbocycles. The number of hydrogen-bond donors (Lipinski definition) is 3. The van der Waals surface area contributed by atoms with E-state index in [0.717, 1.165) is 24.1 Å². The summed E-state index contributed by atoms with van der Waals surface area (Å²) in [4.78, 5) is 25.2. The third kappa shape index (κ3) is 5.77. The average molecular weight is 373 g/mol. The van der Waals surface area contributed by atoms with Gasteiger partial charge in [-0.25, -0.2) is 9.59 Å². The SMILES string of the molecule is O=C(NCc1cccs1)NC1CCCC(OC(=O)Nc2ccccc2)C1. The molecule has 1 aromatic heterocycles. The minimum absolute atomic E-state index is 0.0154. The summed E-state index contributed by atoms with van der Waals surface area (Å²) in [5.41, 5.74) is 0.705. The lowest BCUT2D eigenvalue weighted by Gasteiger charge is -2.29. The van der Waals surface area contributed by atoms with Gasteiger partial charge in [-0.1, -0.05) is 24.3 Å². The fourth-order valence-electron chi connectivity index (χ4n) is 3.02. The van der Waals surface area contributed by atoms with Crippen molar-refractivity contribution in [2.24, 2.45) is 0 Å². The van der Waals surface area contributed by atoms with Crippen LogP contribution in [0.15, 0.2) is 47.8 Å². The number of amides is 3. The zero-order valence-electron chi connectivity index (χ0n) is 14.4. The monoisotopic (exact) mass is 373 g/mol. The van der Waals surface area contributed by atoms with E-state index in [-0.39, 0.29) is 18.2 Å². The molecule has 3 N–H and O–H groups in total. The lowest BCUT2D eigenvalue weighted by molar-refractivity contribution is 0.0776. The molecule has 0 spiro atoms. The van der Waals surface area contributed by atoms with Crippen LogP contribution >= 0.6 is 11.3 Å². The molecular weight excluding hydrogens is 350 g/mol. The van der Waals surface area contributed by atoms with Gasteiger partial charge in [0.1, 0.15) is 6.10 Å². The van der Waals surface area contributed by atoms with Crippen LogP contribution in [0.4, 0.5) is 15.3 Å². The minimum atomic E-state index is -0.455. The molecule has 1 aliphatic rings. The summed E-state index contributed by atoms with van der Waals surface area (Å²) < 4.78 is 5.51. The third-order valence-electron chi connectivity index (χ3n) is 4.26. The smallest absolute Gasteiger partial charge is 0.411 e. The van der Waals surface area contributed by atoms with Gasteiger partial charge < -0.3 is 15.4 Å². The van der Waals surface area contributed by atoms with Crippen molar-refractivity contribution in [3.63, 3.8) is 0 Å². The molecule has 138 valence electrons. The van der Waals surface area contributed by atoms with Gasteiger partial charge in [-0.2, -0.15) is 0 Å². The van der Waals surface area contributed by atoms with Crippen molar-refractivity contribution in [1.29, 1.82) is 0 Å². The van der Waals surface area contributed by atoms with E-state index in [4.69, 9.17) is 4.74 Å². The second kappa shape index (κ2) is 9.24. The van der Waals surface area contributed by atoms with Crippen molar-refractivity contribution < 1.29 is 14.3 Å². The topological polar surface area (TPSA) is 79.5 Å². The number of hydrogen-bond acceptors (Lipinski definition) is 4. The largest absolute Gasteiger partial charge is 0.446 e. The van der Waals surface area contributed by atoms with E-state index >= 15 is 0 Å². The van der Waals surface area contributed by atoms with Gasteiger partial charge >= 0.3 is 12.1 Å². The van der Waals surface area contributed by atoms with E-state index in [1.807, 2.05) is 47.8 Å². The highest BCUT2D eigenvalue weighted by molar-refractivity contribution is 7.09. The van der Waals surface area contributed by atoms with Crippen LogP contribution in [0.2, 0.25) is 0 Å². The highest BCUT2D eigenvalue weighted by Gasteiger charge is 2.26. The van der Waals surface area contributed by atoms with Crippen molar-refractivity contribution in [2.45, 2.75) is 44.4 Å². The molecule has 1 fully saturated rings. The van der Waals surface area contributed by atoms with Gasteiger partial charge in [0.25, 0.3) is 0 Å². The molecule has 6 nitrogen and oxygen atoms in total. The lowest BCUT2D eigenvalue weighted by Crippen LogP contribution is -2.45. The molecule has 2 aromatic rings. The van der Waals surface area contributed by atoms with E-state index in [9.17, 15) is 9.59 Å². The van der Waals surface area contributed by atoms with E-state index in [1.54, 1.807) is 11.3 Å². The first-order valence-corrected chi connectivity index (χ1v) is 9.66. The van der Waals surface area contributed by atoms with Gasteiger partial charge in [-0.15, -0.1) is 11.3 Å². The Balaban J connectivity index is 1.40. The van der Waals surface area contributed by atoms with Crippen molar-refractivity contribution in [3.05, 3.63) is 52.7 Å². The molecule has 2 atom stereocenters. The highest BCUT2D eigenvalue weighted by Crippen LogP contribution is 2.22. The fourth-order valence-corrected chi connectivity index (χ4v) is 3.66. The number of ether oxygens (including phenoxy) is 1. The minimum Gasteiger partial charge on any atom is -0.446 e. The molecule has 3 amide bonds. The number of para-hydroxylation sites is 1. The number of anilines is 1. The molecule has 0 radical (unpaired) electrons. The molecule has 0 saturated heterocycles. The van der Waals surface area contributed by atoms with E-state index < -0.39 is 6.09 Å². The number of carbonyl (C=O) groups excluding carboxylic acids is 2. The Morgan fingerprint density at radius 3 is 2.73 bits per heavy atom. The van der Waals surface area contributed by atoms with E-state index in [2.05, 4.69) is 16.0 Å². The van der Waals surface area contributed by atoms with E-state index in [0.29, 0.717) is 18.7 Å². The Labute approximate surface area is 156 Å². The summed E-state index contributed by atoms with van der Waals surface area (Å²) in [5, 5.41) is 10.5. The van der Waals surface area contributed by atoms with Gasteiger partial charge in [0.15, 0.2) is 0 Å². The van der Waals surface area contributed by atoms with Crippen molar-refractivity contribution in [3.8, 4) is 0 Å². The van der Waals surface area contributed by atoms with Crippen LogP contribution in [-0.2, 0) is 11.3 Å². The summed E-state index contributed by atoms with van der Waals surface area (Å²) in [6.45, 7) is 0.523. The number of benzene rings is 1. The summed E-state index contributed by atoms with van der Waals surface area (Å²) in [6, 6.07) is 13.0. The van der Waals surface area contributed by atoms with Gasteiger partial charge in [0.2, 0.25) is 0 Å². The summed E-state index contributed by atoms with van der Waals surface area (Å²) in [6.07, 6.45) is 2.62. The Kier molecular flexibility index (Phi) is 6.49. The lowest BCUT2D eigenvalue weighted by atomic mass is 9.93. The first kappa shape index (κ1) is 18.3. The number of urea groups is 1. The Bertz CT molecular complexity index is 706. The van der Waals surface area contributed by atoms with Crippen LogP contribution in [-0.4, -0.2) is 24.3 Å². The van der Waals surface area contributed by atoms with Crippen LogP contribution in [0.25, 0.3) is 0 Å². The second-order valence-corrected chi connectivity index (χ2v) is 7.32. The molecule has 0 aliphatic heterocycles. The van der Waals surface area contributed by atoms with Crippen LogP contribution in [0, 0.1) is 0 Å². The Hall–Kier alpha value is -2.54. The number of thiophene rings is 1. The molecule has 1 heterocycles. The van der Waals surface area contributed by atoms with Crippen molar-refractivity contribution >= 4 is 29.1 Å². The Morgan fingerprint density at radius 2 is 1.96 bits per heavy atom. The highest BCUT2D eigenvalue weighted by atomic mass is 32.1. The number of rotatable bonds is 5. The fraction of sp³-hybridized carbons (Fsp3) is 0.368. The molecular formula is C19H23N3O3S. The van der Waals surface area contributed by atoms with Crippen molar-refractivity contribution in [2.75, 3.05) is 5.32 Å². The first-order chi connectivity index (χ1) is 12.7. The molecule has 0 bridgehead atoms. The zero-order chi connectivity index (χ0) is 18.2.